The van der Waals surface area contributed by atoms with E-state index in [4.69, 9.17) is 0 Å². The fraction of sp³-hybridized carbons (Fsp3) is 0.370. The molecule has 2 N–H and O–H groups in total. The molecule has 0 spiro atoms. The number of amides is 2. The second-order valence-corrected chi connectivity index (χ2v) is 9.35. The van der Waals surface area contributed by atoms with E-state index in [0.29, 0.717) is 23.6 Å². The van der Waals surface area contributed by atoms with Crippen LogP contribution < -0.4 is 5.32 Å². The van der Waals surface area contributed by atoms with Crippen LogP contribution >= 0.6 is 0 Å². The minimum absolute atomic E-state index is 0.118. The number of benzene rings is 2. The van der Waals surface area contributed by atoms with Gasteiger partial charge in [0.05, 0.1) is 30.6 Å². The quantitative estimate of drug-likeness (QED) is 0.435. The van der Waals surface area contributed by atoms with E-state index in [9.17, 15) is 22.8 Å². The molecule has 0 unspecified atom stereocenters. The average molecular weight is 515 g/mol. The Hall–Kier alpha value is -3.82. The van der Waals surface area contributed by atoms with Gasteiger partial charge >= 0.3 is 12.3 Å². The summed E-state index contributed by atoms with van der Waals surface area (Å²) in [6.07, 6.45) is -1.94. The molecule has 4 rings (SSSR count). The highest BCUT2D eigenvalue weighted by atomic mass is 19.4. The number of methoxy groups -OCH3 is 1. The minimum atomic E-state index is -4.45. The van der Waals surface area contributed by atoms with Crippen LogP contribution in [0.1, 0.15) is 44.1 Å². The number of rotatable bonds is 6. The van der Waals surface area contributed by atoms with Gasteiger partial charge in [0.25, 0.3) is 0 Å². The maximum Gasteiger partial charge on any atom is 0.417 e. The predicted molar refractivity (Wildman–Crippen MR) is 132 cm³/mol. The Morgan fingerprint density at radius 3 is 2.43 bits per heavy atom. The highest BCUT2D eigenvalue weighted by Gasteiger charge is 2.37. The monoisotopic (exact) mass is 514 g/mol. The summed E-state index contributed by atoms with van der Waals surface area (Å²) in [5.74, 6) is 0.280. The van der Waals surface area contributed by atoms with Crippen LogP contribution in [0.3, 0.4) is 0 Å². The SMILES string of the molecule is COC(=O)N[C@H](C(=O)N1CCC[C@H]1c1ncc(-c2ccc(-c3ccccc3C(F)(F)F)cc2)[nH]1)C(C)C. The van der Waals surface area contributed by atoms with Gasteiger partial charge in [-0.15, -0.1) is 0 Å². The number of carbonyl (C=O) groups is 2. The maximum atomic E-state index is 13.4. The number of H-pyrrole nitrogens is 1. The highest BCUT2D eigenvalue weighted by Crippen LogP contribution is 2.38. The summed E-state index contributed by atoms with van der Waals surface area (Å²) in [5, 5.41) is 2.62. The number of aromatic nitrogens is 2. The number of nitrogens with zero attached hydrogens (tertiary/aromatic N) is 2. The van der Waals surface area contributed by atoms with Crippen molar-refractivity contribution in [2.45, 2.75) is 44.9 Å². The van der Waals surface area contributed by atoms with E-state index >= 15 is 0 Å². The van der Waals surface area contributed by atoms with Crippen molar-refractivity contribution < 1.29 is 27.5 Å². The minimum Gasteiger partial charge on any atom is -0.453 e. The van der Waals surface area contributed by atoms with Gasteiger partial charge in [-0.2, -0.15) is 13.2 Å². The Bertz CT molecular complexity index is 1250. The lowest BCUT2D eigenvalue weighted by molar-refractivity contribution is -0.137. The number of hydrogen-bond donors (Lipinski definition) is 2. The van der Waals surface area contributed by atoms with E-state index in [1.54, 1.807) is 41.4 Å². The predicted octanol–water partition coefficient (Wildman–Crippen LogP) is 5.81. The third kappa shape index (κ3) is 5.63. The first-order chi connectivity index (χ1) is 17.6. The van der Waals surface area contributed by atoms with Crippen LogP contribution in [0, 0.1) is 5.92 Å². The van der Waals surface area contributed by atoms with Crippen LogP contribution in [0.4, 0.5) is 18.0 Å². The molecule has 1 fully saturated rings. The normalized spacial score (nSPS) is 16.6. The number of halogens is 3. The van der Waals surface area contributed by atoms with Crippen LogP contribution in [0.2, 0.25) is 0 Å². The Labute approximate surface area is 213 Å². The number of alkyl halides is 3. The zero-order valence-electron chi connectivity index (χ0n) is 20.8. The van der Waals surface area contributed by atoms with Gasteiger partial charge < -0.3 is 19.9 Å². The number of hydrogen-bond acceptors (Lipinski definition) is 4. The zero-order chi connectivity index (χ0) is 26.7. The van der Waals surface area contributed by atoms with E-state index in [0.717, 1.165) is 24.5 Å². The van der Waals surface area contributed by atoms with Gasteiger partial charge in [-0.1, -0.05) is 56.3 Å². The van der Waals surface area contributed by atoms with E-state index in [2.05, 4.69) is 20.0 Å². The number of alkyl carbamates (subject to hydrolysis) is 1. The van der Waals surface area contributed by atoms with Crippen molar-refractivity contribution >= 4 is 12.0 Å². The molecule has 37 heavy (non-hydrogen) atoms. The molecule has 1 saturated heterocycles. The molecule has 196 valence electrons. The molecule has 0 saturated carbocycles. The van der Waals surface area contributed by atoms with Crippen LogP contribution in [-0.2, 0) is 15.7 Å². The molecule has 0 bridgehead atoms. The molecule has 10 heteroatoms. The second-order valence-electron chi connectivity index (χ2n) is 9.35. The lowest BCUT2D eigenvalue weighted by Gasteiger charge is -2.30. The van der Waals surface area contributed by atoms with Gasteiger partial charge in [0.1, 0.15) is 11.9 Å². The Kier molecular flexibility index (Phi) is 7.56. The van der Waals surface area contributed by atoms with Crippen molar-refractivity contribution in [3.05, 3.63) is 66.1 Å². The molecular weight excluding hydrogens is 485 g/mol. The van der Waals surface area contributed by atoms with E-state index < -0.39 is 23.9 Å². The third-order valence-electron chi connectivity index (χ3n) is 6.58. The molecular formula is C27H29F3N4O3. The van der Waals surface area contributed by atoms with Crippen LogP contribution in [0.5, 0.6) is 0 Å². The number of likely N-dealkylation sites (tertiary alicyclic amines) is 1. The number of nitrogens with one attached hydrogen (secondary N) is 2. The number of aromatic amines is 1. The van der Waals surface area contributed by atoms with E-state index in [-0.39, 0.29) is 23.4 Å². The molecule has 1 aliphatic rings. The Morgan fingerprint density at radius 1 is 1.11 bits per heavy atom. The first kappa shape index (κ1) is 26.2. The smallest absolute Gasteiger partial charge is 0.417 e. The molecule has 3 aromatic rings. The van der Waals surface area contributed by atoms with E-state index in [1.807, 2.05) is 13.8 Å². The first-order valence-electron chi connectivity index (χ1n) is 12.1. The molecule has 0 radical (unpaired) electrons. The highest BCUT2D eigenvalue weighted by molar-refractivity contribution is 5.86. The zero-order valence-corrected chi connectivity index (χ0v) is 20.8. The molecule has 1 aromatic heterocycles. The van der Waals surface area contributed by atoms with Crippen LogP contribution in [0.15, 0.2) is 54.7 Å². The molecule has 1 aliphatic heterocycles. The van der Waals surface area contributed by atoms with Crippen molar-refractivity contribution in [2.24, 2.45) is 5.92 Å². The van der Waals surface area contributed by atoms with Gasteiger partial charge in [-0.25, -0.2) is 9.78 Å². The lowest BCUT2D eigenvalue weighted by Crippen LogP contribution is -2.51. The summed E-state index contributed by atoms with van der Waals surface area (Å²) in [4.78, 5) is 34.6. The molecule has 7 nitrogen and oxygen atoms in total. The molecule has 2 aromatic carbocycles. The standard InChI is InChI=1S/C27H29F3N4O3/c1-16(2)23(33-26(36)37-3)25(35)34-14-6-9-22(34)24-31-15-21(32-24)18-12-10-17(11-13-18)19-7-4-5-8-20(19)27(28,29)30/h4-5,7-8,10-13,15-16,22-23H,6,9,14H2,1-3H3,(H,31,32)(H,33,36)/t22-,23-/m0/s1. The van der Waals surface area contributed by atoms with Crippen LogP contribution in [0.25, 0.3) is 22.4 Å². The summed E-state index contributed by atoms with van der Waals surface area (Å²) in [6.45, 7) is 4.25. The lowest BCUT2D eigenvalue weighted by atomic mass is 9.98. The summed E-state index contributed by atoms with van der Waals surface area (Å²) in [6, 6.07) is 11.3. The van der Waals surface area contributed by atoms with Gasteiger partial charge in [-0.3, -0.25) is 4.79 Å². The van der Waals surface area contributed by atoms with Crippen molar-refractivity contribution in [3.8, 4) is 22.4 Å². The summed E-state index contributed by atoms with van der Waals surface area (Å²) in [7, 11) is 1.25. The van der Waals surface area contributed by atoms with Crippen molar-refractivity contribution in [3.63, 3.8) is 0 Å². The molecule has 2 heterocycles. The fourth-order valence-electron chi connectivity index (χ4n) is 4.66. The van der Waals surface area contributed by atoms with Gasteiger partial charge in [0.2, 0.25) is 5.91 Å². The van der Waals surface area contributed by atoms with Crippen LogP contribution in [-0.4, -0.2) is 46.6 Å². The van der Waals surface area contributed by atoms with Gasteiger partial charge in [-0.05, 0) is 41.5 Å². The number of carbonyl (C=O) groups excluding carboxylic acids is 2. The Balaban J connectivity index is 1.54. The molecule has 2 amide bonds. The van der Waals surface area contributed by atoms with Gasteiger partial charge in [0.15, 0.2) is 0 Å². The van der Waals surface area contributed by atoms with E-state index in [1.165, 1.54) is 19.2 Å². The topological polar surface area (TPSA) is 87.3 Å². The largest absolute Gasteiger partial charge is 0.453 e. The number of imidazole rings is 1. The Morgan fingerprint density at radius 2 is 1.78 bits per heavy atom. The van der Waals surface area contributed by atoms with Crippen molar-refractivity contribution in [1.29, 1.82) is 0 Å². The molecule has 0 aliphatic carbocycles. The fourth-order valence-corrected chi connectivity index (χ4v) is 4.66. The van der Waals surface area contributed by atoms with Crippen molar-refractivity contribution in [1.82, 2.24) is 20.2 Å². The second kappa shape index (κ2) is 10.7. The van der Waals surface area contributed by atoms with Crippen molar-refractivity contribution in [2.75, 3.05) is 13.7 Å². The third-order valence-corrected chi connectivity index (χ3v) is 6.58. The summed E-state index contributed by atoms with van der Waals surface area (Å²) < 4.78 is 44.9. The summed E-state index contributed by atoms with van der Waals surface area (Å²) >= 11 is 0. The first-order valence-corrected chi connectivity index (χ1v) is 12.1. The number of ether oxygens (including phenoxy) is 1. The summed E-state index contributed by atoms with van der Waals surface area (Å²) in [5.41, 5.74) is 1.35. The maximum absolute atomic E-state index is 13.4. The van der Waals surface area contributed by atoms with Gasteiger partial charge in [0, 0.05) is 6.54 Å². The average Bonchev–Trinajstić information content (AvgIpc) is 3.56. The molecule has 2 atom stereocenters.